The average Bonchev–Trinajstić information content (AvgIpc) is 3.41. The van der Waals surface area contributed by atoms with Crippen molar-refractivity contribution in [3.8, 4) is 0 Å². The quantitative estimate of drug-likeness (QED) is 0.322. The Hall–Kier alpha value is -2.77. The molecule has 2 bridgehead atoms. The maximum absolute atomic E-state index is 13.4. The first-order valence-electron chi connectivity index (χ1n) is 10.3. The van der Waals surface area contributed by atoms with Gasteiger partial charge in [-0.2, -0.15) is 0 Å². The van der Waals surface area contributed by atoms with Crippen LogP contribution >= 0.6 is 0 Å². The van der Waals surface area contributed by atoms with E-state index in [0.717, 1.165) is 12.5 Å². The van der Waals surface area contributed by atoms with E-state index in [2.05, 4.69) is 27.8 Å². The molecule has 1 saturated heterocycles. The Bertz CT molecular complexity index is 886. The van der Waals surface area contributed by atoms with E-state index < -0.39 is 11.6 Å². The van der Waals surface area contributed by atoms with Gasteiger partial charge in [0.1, 0.15) is 0 Å². The summed E-state index contributed by atoms with van der Waals surface area (Å²) in [6, 6.07) is 3.88. The van der Waals surface area contributed by atoms with E-state index in [4.69, 9.17) is 0 Å². The highest BCUT2D eigenvalue weighted by Crippen LogP contribution is 2.52. The maximum atomic E-state index is 13.4. The van der Waals surface area contributed by atoms with Crippen LogP contribution in [0.15, 0.2) is 35.3 Å². The highest BCUT2D eigenvalue weighted by Gasteiger charge is 2.58. The average molecular weight is 416 g/mol. The monoisotopic (exact) mass is 416 g/mol. The third-order valence-electron chi connectivity index (χ3n) is 6.50. The van der Waals surface area contributed by atoms with Gasteiger partial charge in [-0.25, -0.2) is 8.78 Å². The third-order valence-corrected chi connectivity index (χ3v) is 6.50. The van der Waals surface area contributed by atoms with Gasteiger partial charge in [0.2, 0.25) is 11.8 Å². The van der Waals surface area contributed by atoms with Gasteiger partial charge in [0.25, 0.3) is 0 Å². The number of amides is 2. The molecule has 3 aliphatic rings. The molecule has 8 heteroatoms. The predicted octanol–water partition coefficient (Wildman–Crippen LogP) is 2.04. The number of allylic oxidation sites excluding steroid dienone is 2. The molecule has 1 heterocycles. The molecule has 0 radical (unpaired) electrons. The number of hydrogen-bond acceptors (Lipinski definition) is 3. The number of aliphatic imine (C=N–C) groups is 1. The topological polar surface area (TPSA) is 73.8 Å². The molecule has 6 nitrogen and oxygen atoms in total. The molecule has 160 valence electrons. The van der Waals surface area contributed by atoms with E-state index in [9.17, 15) is 18.4 Å². The summed E-state index contributed by atoms with van der Waals surface area (Å²) < 4.78 is 26.5. The molecule has 0 aromatic heterocycles. The largest absolute Gasteiger partial charge is 0.356 e. The summed E-state index contributed by atoms with van der Waals surface area (Å²) in [6.07, 6.45) is 5.09. The molecular formula is C22H26F2N4O2. The fourth-order valence-electron chi connectivity index (χ4n) is 4.88. The summed E-state index contributed by atoms with van der Waals surface area (Å²) >= 11 is 0. The minimum atomic E-state index is -0.866. The van der Waals surface area contributed by atoms with Crippen LogP contribution in [0.4, 0.5) is 8.78 Å². The zero-order valence-electron chi connectivity index (χ0n) is 17.1. The predicted molar refractivity (Wildman–Crippen MR) is 109 cm³/mol. The van der Waals surface area contributed by atoms with E-state index in [0.29, 0.717) is 31.2 Å². The van der Waals surface area contributed by atoms with Crippen LogP contribution in [0.3, 0.4) is 0 Å². The number of guanidine groups is 1. The van der Waals surface area contributed by atoms with Gasteiger partial charge in [-0.3, -0.25) is 19.5 Å². The summed E-state index contributed by atoms with van der Waals surface area (Å²) in [5.41, 5.74) is 0.680. The zero-order valence-corrected chi connectivity index (χ0v) is 17.1. The second-order valence-corrected chi connectivity index (χ2v) is 8.28. The summed E-state index contributed by atoms with van der Waals surface area (Å²) in [5, 5.41) is 6.25. The van der Waals surface area contributed by atoms with Gasteiger partial charge in [0.15, 0.2) is 17.6 Å². The fourth-order valence-corrected chi connectivity index (χ4v) is 4.88. The van der Waals surface area contributed by atoms with Crippen molar-refractivity contribution in [2.75, 3.05) is 26.7 Å². The normalized spacial score (nSPS) is 28.3. The van der Waals surface area contributed by atoms with Crippen LogP contribution in [0.1, 0.15) is 24.8 Å². The Morgan fingerprint density at radius 1 is 1.13 bits per heavy atom. The molecule has 1 aromatic rings. The first-order chi connectivity index (χ1) is 14.4. The molecule has 1 aromatic carbocycles. The molecule has 4 rings (SSSR count). The minimum absolute atomic E-state index is 0.0569. The molecule has 2 N–H and O–H groups in total. The van der Waals surface area contributed by atoms with Crippen molar-refractivity contribution >= 4 is 17.8 Å². The van der Waals surface area contributed by atoms with Crippen molar-refractivity contribution in [3.05, 3.63) is 47.5 Å². The van der Waals surface area contributed by atoms with Crippen molar-refractivity contribution in [1.29, 1.82) is 0 Å². The molecule has 0 spiro atoms. The molecule has 1 aliphatic heterocycles. The summed E-state index contributed by atoms with van der Waals surface area (Å²) in [7, 11) is 1.62. The second-order valence-electron chi connectivity index (χ2n) is 8.28. The summed E-state index contributed by atoms with van der Waals surface area (Å²) in [4.78, 5) is 30.9. The number of nitrogens with one attached hydrogen (secondary N) is 2. The lowest BCUT2D eigenvalue weighted by atomic mass is 9.85. The van der Waals surface area contributed by atoms with Crippen LogP contribution in [-0.2, 0) is 9.59 Å². The molecule has 1 saturated carbocycles. The fraction of sp³-hybridized carbons (Fsp3) is 0.500. The first kappa shape index (κ1) is 20.5. The van der Waals surface area contributed by atoms with Crippen molar-refractivity contribution in [2.24, 2.45) is 28.7 Å². The first-order valence-corrected chi connectivity index (χ1v) is 10.3. The number of hydrogen-bond donors (Lipinski definition) is 2. The van der Waals surface area contributed by atoms with Crippen LogP contribution in [0.25, 0.3) is 0 Å². The van der Waals surface area contributed by atoms with Gasteiger partial charge < -0.3 is 10.6 Å². The number of halogens is 2. The number of carbonyl (C=O) groups is 2. The van der Waals surface area contributed by atoms with E-state index >= 15 is 0 Å². The molecule has 2 aliphatic carbocycles. The van der Waals surface area contributed by atoms with Crippen LogP contribution in [0.5, 0.6) is 0 Å². The van der Waals surface area contributed by atoms with Crippen LogP contribution in [0, 0.1) is 35.3 Å². The minimum Gasteiger partial charge on any atom is -0.356 e. The number of likely N-dealkylation sites (tertiary alicyclic amines) is 1. The lowest BCUT2D eigenvalue weighted by molar-refractivity contribution is -0.140. The van der Waals surface area contributed by atoms with Gasteiger partial charge in [-0.05, 0) is 41.9 Å². The van der Waals surface area contributed by atoms with Crippen LogP contribution in [0.2, 0.25) is 0 Å². The Labute approximate surface area is 174 Å². The molecule has 5 unspecified atom stereocenters. The van der Waals surface area contributed by atoms with Gasteiger partial charge in [0.05, 0.1) is 11.8 Å². The highest BCUT2D eigenvalue weighted by molar-refractivity contribution is 6.06. The lowest BCUT2D eigenvalue weighted by Gasteiger charge is -2.19. The standard InChI is InChI=1S/C22H26F2N4O2/c1-12(13-5-6-16(23)17(24)10-13)11-27-22(25-2)26-7-8-28-20(29)18-14-3-4-15(9-14)19(18)21(28)30/h3-6,10,12,14-15,18-19H,7-9,11H2,1-2H3,(H2,25,26,27). The Morgan fingerprint density at radius 3 is 2.40 bits per heavy atom. The van der Waals surface area contributed by atoms with Crippen molar-refractivity contribution in [2.45, 2.75) is 19.3 Å². The molecule has 2 amide bonds. The lowest BCUT2D eigenvalue weighted by Crippen LogP contribution is -2.44. The van der Waals surface area contributed by atoms with Crippen LogP contribution in [-0.4, -0.2) is 49.4 Å². The number of nitrogens with zero attached hydrogens (tertiary/aromatic N) is 2. The van der Waals surface area contributed by atoms with E-state index in [1.165, 1.54) is 11.0 Å². The second kappa shape index (κ2) is 8.16. The van der Waals surface area contributed by atoms with Crippen LogP contribution < -0.4 is 10.6 Å². The van der Waals surface area contributed by atoms with E-state index in [1.807, 2.05) is 6.92 Å². The Kier molecular flexibility index (Phi) is 5.58. The summed E-state index contributed by atoms with van der Waals surface area (Å²) in [5.74, 6) is -1.33. The number of rotatable bonds is 6. The number of imide groups is 1. The van der Waals surface area contributed by atoms with Crippen molar-refractivity contribution in [1.82, 2.24) is 15.5 Å². The van der Waals surface area contributed by atoms with Gasteiger partial charge >= 0.3 is 0 Å². The zero-order chi connectivity index (χ0) is 21.4. The molecule has 2 fully saturated rings. The maximum Gasteiger partial charge on any atom is 0.233 e. The number of carbonyl (C=O) groups excluding carboxylic acids is 2. The third kappa shape index (κ3) is 3.59. The number of benzene rings is 1. The molecular weight excluding hydrogens is 390 g/mol. The Balaban J connectivity index is 1.26. The molecule has 5 atom stereocenters. The molecule has 30 heavy (non-hydrogen) atoms. The van der Waals surface area contributed by atoms with E-state index in [1.54, 1.807) is 13.1 Å². The smallest absolute Gasteiger partial charge is 0.233 e. The van der Waals surface area contributed by atoms with Gasteiger partial charge in [-0.1, -0.05) is 25.1 Å². The number of fused-ring (bicyclic) bond motifs is 5. The SMILES string of the molecule is CN=C(NCCN1C(=O)C2C3C=CC(C3)C2C1=O)NCC(C)c1ccc(F)c(F)c1. The Morgan fingerprint density at radius 2 is 1.80 bits per heavy atom. The summed E-state index contributed by atoms with van der Waals surface area (Å²) in [6.45, 7) is 3.05. The van der Waals surface area contributed by atoms with Gasteiger partial charge in [-0.15, -0.1) is 0 Å². The highest BCUT2D eigenvalue weighted by atomic mass is 19.2. The van der Waals surface area contributed by atoms with E-state index in [-0.39, 0.29) is 41.4 Å². The van der Waals surface area contributed by atoms with Crippen molar-refractivity contribution < 1.29 is 18.4 Å². The van der Waals surface area contributed by atoms with Crippen molar-refractivity contribution in [3.63, 3.8) is 0 Å². The van der Waals surface area contributed by atoms with Gasteiger partial charge in [0, 0.05) is 26.7 Å².